The number of benzene rings is 1. The number of hydrogen-bond donors (Lipinski definition) is 1. The van der Waals surface area contributed by atoms with E-state index in [1.165, 1.54) is 0 Å². The molecule has 1 aromatic heterocycles. The molecule has 7 heteroatoms. The zero-order valence-corrected chi connectivity index (χ0v) is 17.2. The van der Waals surface area contributed by atoms with Crippen LogP contribution >= 0.6 is 0 Å². The van der Waals surface area contributed by atoms with Gasteiger partial charge in [-0.25, -0.2) is 0 Å². The van der Waals surface area contributed by atoms with E-state index in [0.29, 0.717) is 44.1 Å². The normalized spacial score (nSPS) is 14.5. The summed E-state index contributed by atoms with van der Waals surface area (Å²) in [6.45, 7) is 8.87. The van der Waals surface area contributed by atoms with Crippen molar-refractivity contribution in [2.75, 3.05) is 38.0 Å². The van der Waals surface area contributed by atoms with Crippen molar-refractivity contribution in [3.05, 3.63) is 52.7 Å². The largest absolute Gasteiger partial charge is 0.340 e. The second kappa shape index (κ2) is 8.93. The van der Waals surface area contributed by atoms with Gasteiger partial charge in [0, 0.05) is 45.3 Å². The first kappa shape index (κ1) is 20.6. The quantitative estimate of drug-likeness (QED) is 0.844. The van der Waals surface area contributed by atoms with Gasteiger partial charge >= 0.3 is 0 Å². The van der Waals surface area contributed by atoms with Crippen molar-refractivity contribution in [2.45, 2.75) is 27.3 Å². The van der Waals surface area contributed by atoms with Gasteiger partial charge in [-0.1, -0.05) is 30.3 Å². The molecule has 0 unspecified atom stereocenters. The lowest BCUT2D eigenvalue weighted by Gasteiger charge is -2.33. The van der Waals surface area contributed by atoms with Crippen LogP contribution in [0.1, 0.15) is 29.3 Å². The van der Waals surface area contributed by atoms with Gasteiger partial charge in [-0.3, -0.25) is 14.5 Å². The highest BCUT2D eigenvalue weighted by molar-refractivity contribution is 5.93. The summed E-state index contributed by atoms with van der Waals surface area (Å²) < 4.78 is 1.99. The Bertz CT molecular complexity index is 934. The minimum atomic E-state index is -0.149. The predicted molar refractivity (Wildman–Crippen MR) is 111 cm³/mol. The highest BCUT2D eigenvalue weighted by Gasteiger charge is 2.23. The number of carbonyl (C=O) groups is 2. The Labute approximate surface area is 171 Å². The van der Waals surface area contributed by atoms with Crippen LogP contribution in [0, 0.1) is 25.2 Å². The van der Waals surface area contributed by atoms with Gasteiger partial charge in [-0.05, 0) is 25.0 Å². The number of nitrogens with zero attached hydrogens (tertiary/aromatic N) is 4. The van der Waals surface area contributed by atoms with Crippen LogP contribution < -0.4 is 5.32 Å². The number of anilines is 1. The van der Waals surface area contributed by atoms with Crippen LogP contribution in [0.3, 0.4) is 0 Å². The molecule has 0 atom stereocenters. The molecular weight excluding hydrogens is 366 g/mol. The monoisotopic (exact) mass is 393 g/mol. The summed E-state index contributed by atoms with van der Waals surface area (Å²) >= 11 is 0. The molecule has 152 valence electrons. The van der Waals surface area contributed by atoms with Crippen LogP contribution in [0.25, 0.3) is 0 Å². The van der Waals surface area contributed by atoms with Crippen molar-refractivity contribution in [3.8, 4) is 6.07 Å². The Morgan fingerprint density at radius 3 is 2.34 bits per heavy atom. The van der Waals surface area contributed by atoms with Gasteiger partial charge in [0.05, 0.1) is 12.1 Å². The maximum absolute atomic E-state index is 12.7. The molecule has 0 aliphatic carbocycles. The first-order valence-corrected chi connectivity index (χ1v) is 9.82. The van der Waals surface area contributed by atoms with E-state index in [-0.39, 0.29) is 18.4 Å². The number of rotatable bonds is 5. The topological polar surface area (TPSA) is 81.4 Å². The van der Waals surface area contributed by atoms with E-state index in [1.54, 1.807) is 11.8 Å². The van der Waals surface area contributed by atoms with E-state index in [9.17, 15) is 14.9 Å². The third-order valence-electron chi connectivity index (χ3n) is 5.57. The zero-order valence-electron chi connectivity index (χ0n) is 17.2. The molecule has 1 fully saturated rings. The molecule has 29 heavy (non-hydrogen) atoms. The number of nitriles is 1. The van der Waals surface area contributed by atoms with Crippen molar-refractivity contribution in [3.63, 3.8) is 0 Å². The first-order chi connectivity index (χ1) is 13.9. The highest BCUT2D eigenvalue weighted by Crippen LogP contribution is 2.27. The Balaban J connectivity index is 1.74. The number of aromatic nitrogens is 1. The fraction of sp³-hybridized carbons (Fsp3) is 0.409. The van der Waals surface area contributed by atoms with Gasteiger partial charge in [-0.2, -0.15) is 5.26 Å². The molecule has 0 saturated carbocycles. The van der Waals surface area contributed by atoms with Crippen LogP contribution in [0.15, 0.2) is 30.3 Å². The molecule has 7 nitrogen and oxygen atoms in total. The summed E-state index contributed by atoms with van der Waals surface area (Å²) in [4.78, 5) is 28.0. The summed E-state index contributed by atoms with van der Waals surface area (Å²) in [5, 5.41) is 12.6. The maximum Gasteiger partial charge on any atom is 0.239 e. The van der Waals surface area contributed by atoms with Gasteiger partial charge in [0.15, 0.2) is 0 Å². The minimum Gasteiger partial charge on any atom is -0.340 e. The van der Waals surface area contributed by atoms with Crippen LogP contribution in [0.4, 0.5) is 5.82 Å². The summed E-state index contributed by atoms with van der Waals surface area (Å²) in [6, 6.07) is 12.2. The first-order valence-electron chi connectivity index (χ1n) is 9.82. The zero-order chi connectivity index (χ0) is 21.0. The smallest absolute Gasteiger partial charge is 0.239 e. The molecule has 0 spiro atoms. The second-order valence-electron chi connectivity index (χ2n) is 7.45. The van der Waals surface area contributed by atoms with E-state index in [2.05, 4.69) is 11.4 Å². The lowest BCUT2D eigenvalue weighted by molar-refractivity contribution is -0.130. The Morgan fingerprint density at radius 2 is 1.76 bits per heavy atom. The van der Waals surface area contributed by atoms with Crippen LogP contribution in [-0.4, -0.2) is 58.9 Å². The fourth-order valence-electron chi connectivity index (χ4n) is 3.69. The molecule has 1 aliphatic rings. The molecule has 0 bridgehead atoms. The van der Waals surface area contributed by atoms with Gasteiger partial charge in [0.2, 0.25) is 11.8 Å². The average molecular weight is 393 g/mol. The van der Waals surface area contributed by atoms with E-state index in [0.717, 1.165) is 16.8 Å². The third kappa shape index (κ3) is 4.66. The van der Waals surface area contributed by atoms with Crippen LogP contribution in [-0.2, 0) is 16.1 Å². The van der Waals surface area contributed by atoms with Crippen molar-refractivity contribution in [1.82, 2.24) is 14.4 Å². The Morgan fingerprint density at radius 1 is 1.10 bits per heavy atom. The van der Waals surface area contributed by atoms with Gasteiger partial charge in [0.1, 0.15) is 11.9 Å². The molecule has 1 N–H and O–H groups in total. The van der Waals surface area contributed by atoms with E-state index in [4.69, 9.17) is 0 Å². The number of nitrogens with one attached hydrogen (secondary N) is 1. The minimum absolute atomic E-state index is 0.0671. The molecule has 1 aromatic carbocycles. The molecule has 2 heterocycles. The molecule has 1 aliphatic heterocycles. The highest BCUT2D eigenvalue weighted by atomic mass is 16.2. The van der Waals surface area contributed by atoms with Gasteiger partial charge in [0.25, 0.3) is 0 Å². The standard InChI is InChI=1S/C22H27N5O2/c1-16-17(2)27(14-19-7-5-4-6-8-19)22(20(16)13-23)24-21(29)15-25-9-11-26(12-10-25)18(3)28/h4-8H,9-12,14-15H2,1-3H3,(H,24,29). The number of amides is 2. The summed E-state index contributed by atoms with van der Waals surface area (Å²) in [5.74, 6) is 0.473. The Hall–Kier alpha value is -3.11. The van der Waals surface area contributed by atoms with Crippen LogP contribution in [0.2, 0.25) is 0 Å². The molecule has 2 amide bonds. The van der Waals surface area contributed by atoms with Gasteiger partial charge < -0.3 is 14.8 Å². The Kier molecular flexibility index (Phi) is 6.35. The SMILES string of the molecule is CC(=O)N1CCN(CC(=O)Nc2c(C#N)c(C)c(C)n2Cc2ccccc2)CC1. The van der Waals surface area contributed by atoms with Crippen LogP contribution in [0.5, 0.6) is 0 Å². The van der Waals surface area contributed by atoms with E-state index >= 15 is 0 Å². The molecule has 1 saturated heterocycles. The van der Waals surface area contributed by atoms with E-state index < -0.39 is 0 Å². The van der Waals surface area contributed by atoms with Crippen molar-refractivity contribution in [1.29, 1.82) is 5.26 Å². The maximum atomic E-state index is 12.7. The van der Waals surface area contributed by atoms with Gasteiger partial charge in [-0.15, -0.1) is 0 Å². The molecule has 2 aromatic rings. The number of hydrogen-bond acceptors (Lipinski definition) is 4. The number of piperazine rings is 1. The summed E-state index contributed by atoms with van der Waals surface area (Å²) in [5.41, 5.74) is 3.46. The fourth-order valence-corrected chi connectivity index (χ4v) is 3.69. The summed E-state index contributed by atoms with van der Waals surface area (Å²) in [7, 11) is 0. The third-order valence-corrected chi connectivity index (χ3v) is 5.57. The van der Waals surface area contributed by atoms with Crippen molar-refractivity contribution >= 4 is 17.6 Å². The van der Waals surface area contributed by atoms with Crippen molar-refractivity contribution < 1.29 is 9.59 Å². The lowest BCUT2D eigenvalue weighted by Crippen LogP contribution is -2.50. The lowest BCUT2D eigenvalue weighted by atomic mass is 10.2. The van der Waals surface area contributed by atoms with Crippen molar-refractivity contribution in [2.24, 2.45) is 0 Å². The molecule has 3 rings (SSSR count). The predicted octanol–water partition coefficient (Wildman–Crippen LogP) is 2.13. The van der Waals surface area contributed by atoms with E-state index in [1.807, 2.05) is 53.6 Å². The second-order valence-corrected chi connectivity index (χ2v) is 7.45. The molecule has 0 radical (unpaired) electrons. The average Bonchev–Trinajstić information content (AvgIpc) is 2.93. The summed E-state index contributed by atoms with van der Waals surface area (Å²) in [6.07, 6.45) is 0. The number of carbonyl (C=O) groups excluding carboxylic acids is 2. The molecular formula is C22H27N5O2.